The first-order valence-electron chi connectivity index (χ1n) is 7.27. The number of hydrogen-bond donors (Lipinski definition) is 1. The Balaban J connectivity index is 1.71. The number of benzene rings is 2. The number of rotatable bonds is 5. The van der Waals surface area contributed by atoms with Crippen LogP contribution in [0.1, 0.15) is 6.92 Å². The van der Waals surface area contributed by atoms with Crippen molar-refractivity contribution in [3.63, 3.8) is 0 Å². The zero-order valence-corrected chi connectivity index (χ0v) is 13.9. The summed E-state index contributed by atoms with van der Waals surface area (Å²) in [6, 6.07) is 13.2. The lowest BCUT2D eigenvalue weighted by Gasteiger charge is -2.03. The number of ether oxygens (including phenoxy) is 1. The van der Waals surface area contributed by atoms with Gasteiger partial charge in [0, 0.05) is 35.7 Å². The minimum absolute atomic E-state index is 0.0400. The first-order chi connectivity index (χ1) is 12.0. The number of esters is 1. The smallest absolute Gasteiger partial charge is 0.308 e. The Labute approximate surface area is 147 Å². The number of anilines is 2. The van der Waals surface area contributed by atoms with Gasteiger partial charge in [-0.3, -0.25) is 14.9 Å². The van der Waals surface area contributed by atoms with E-state index in [1.165, 1.54) is 30.4 Å². The van der Waals surface area contributed by atoms with Gasteiger partial charge in [0.05, 0.1) is 10.6 Å². The standard InChI is InChI=1S/C17H13N3O4S/c1-11(21)24-15-8-2-12(3-9-15)16-10-25-17(19-16)18-13-4-6-14(7-5-13)20(22)23/h2-10H,1H3,(H,18,19). The van der Waals surface area contributed by atoms with Gasteiger partial charge in [0.15, 0.2) is 5.13 Å². The van der Waals surface area contributed by atoms with Crippen LogP contribution in [0.2, 0.25) is 0 Å². The number of aromatic nitrogens is 1. The zero-order valence-electron chi connectivity index (χ0n) is 13.1. The summed E-state index contributed by atoms with van der Waals surface area (Å²) in [7, 11) is 0. The van der Waals surface area contributed by atoms with Crippen molar-refractivity contribution in [2.24, 2.45) is 0 Å². The van der Waals surface area contributed by atoms with E-state index < -0.39 is 4.92 Å². The third-order valence-electron chi connectivity index (χ3n) is 3.25. The van der Waals surface area contributed by atoms with Gasteiger partial charge in [-0.05, 0) is 36.4 Å². The molecule has 3 rings (SSSR count). The summed E-state index contributed by atoms with van der Waals surface area (Å²) in [6.45, 7) is 1.35. The highest BCUT2D eigenvalue weighted by Gasteiger charge is 2.08. The van der Waals surface area contributed by atoms with E-state index in [4.69, 9.17) is 4.74 Å². The molecule has 7 nitrogen and oxygen atoms in total. The molecule has 8 heteroatoms. The van der Waals surface area contributed by atoms with Crippen molar-refractivity contribution in [3.05, 3.63) is 64.0 Å². The molecule has 0 spiro atoms. The molecular formula is C17H13N3O4S. The maximum Gasteiger partial charge on any atom is 0.308 e. The van der Waals surface area contributed by atoms with Gasteiger partial charge in [-0.25, -0.2) is 4.98 Å². The van der Waals surface area contributed by atoms with Crippen LogP contribution >= 0.6 is 11.3 Å². The molecule has 0 amide bonds. The van der Waals surface area contributed by atoms with E-state index in [0.29, 0.717) is 10.9 Å². The average Bonchev–Trinajstić information content (AvgIpc) is 3.04. The van der Waals surface area contributed by atoms with Gasteiger partial charge in [-0.15, -0.1) is 11.3 Å². The van der Waals surface area contributed by atoms with Gasteiger partial charge in [0.2, 0.25) is 0 Å². The van der Waals surface area contributed by atoms with Crippen molar-refractivity contribution >= 4 is 33.8 Å². The fourth-order valence-electron chi connectivity index (χ4n) is 2.11. The Bertz CT molecular complexity index is 904. The van der Waals surface area contributed by atoms with E-state index in [9.17, 15) is 14.9 Å². The highest BCUT2D eigenvalue weighted by Crippen LogP contribution is 2.28. The molecule has 3 aromatic rings. The van der Waals surface area contributed by atoms with Crippen LogP contribution in [0.5, 0.6) is 5.75 Å². The Hall–Kier alpha value is -3.26. The Kier molecular flexibility index (Phi) is 4.71. The number of nitro benzene ring substituents is 1. The monoisotopic (exact) mass is 355 g/mol. The number of hydrogen-bond acceptors (Lipinski definition) is 7. The molecule has 25 heavy (non-hydrogen) atoms. The average molecular weight is 355 g/mol. The largest absolute Gasteiger partial charge is 0.427 e. The van der Waals surface area contributed by atoms with Crippen LogP contribution in [-0.4, -0.2) is 15.9 Å². The van der Waals surface area contributed by atoms with Gasteiger partial charge in [-0.2, -0.15) is 0 Å². The van der Waals surface area contributed by atoms with Crippen LogP contribution in [0.25, 0.3) is 11.3 Å². The molecule has 126 valence electrons. The van der Waals surface area contributed by atoms with Crippen LogP contribution in [0.15, 0.2) is 53.9 Å². The van der Waals surface area contributed by atoms with E-state index >= 15 is 0 Å². The molecule has 1 aromatic heterocycles. The van der Waals surface area contributed by atoms with Crippen molar-refractivity contribution in [1.82, 2.24) is 4.98 Å². The number of carbonyl (C=O) groups is 1. The fraction of sp³-hybridized carbons (Fsp3) is 0.0588. The van der Waals surface area contributed by atoms with E-state index in [0.717, 1.165) is 16.9 Å². The summed E-state index contributed by atoms with van der Waals surface area (Å²) in [4.78, 5) is 25.6. The number of thiazole rings is 1. The van der Waals surface area contributed by atoms with E-state index in [1.54, 1.807) is 24.3 Å². The number of nitro groups is 1. The van der Waals surface area contributed by atoms with E-state index in [1.807, 2.05) is 17.5 Å². The molecule has 0 fully saturated rings. The molecule has 0 aliphatic heterocycles. The molecule has 1 N–H and O–H groups in total. The second-order valence-corrected chi connectivity index (χ2v) is 5.94. The molecular weight excluding hydrogens is 342 g/mol. The Morgan fingerprint density at radius 3 is 2.44 bits per heavy atom. The minimum Gasteiger partial charge on any atom is -0.427 e. The molecule has 0 atom stereocenters. The van der Waals surface area contributed by atoms with Crippen molar-refractivity contribution in [3.8, 4) is 17.0 Å². The van der Waals surface area contributed by atoms with Crippen LogP contribution in [0.3, 0.4) is 0 Å². The number of non-ortho nitro benzene ring substituents is 1. The minimum atomic E-state index is -0.440. The highest BCUT2D eigenvalue weighted by atomic mass is 32.1. The summed E-state index contributed by atoms with van der Waals surface area (Å²) in [5, 5.41) is 16.3. The normalized spacial score (nSPS) is 10.3. The lowest BCUT2D eigenvalue weighted by atomic mass is 10.2. The third kappa shape index (κ3) is 4.18. The second-order valence-electron chi connectivity index (χ2n) is 5.08. The SMILES string of the molecule is CC(=O)Oc1ccc(-c2csc(Nc3ccc([N+](=O)[O-])cc3)n2)cc1. The van der Waals surface area contributed by atoms with Crippen LogP contribution in [-0.2, 0) is 4.79 Å². The number of carbonyl (C=O) groups excluding carboxylic acids is 1. The predicted molar refractivity (Wildman–Crippen MR) is 95.2 cm³/mol. The summed E-state index contributed by atoms with van der Waals surface area (Å²) in [5.74, 6) is 0.117. The van der Waals surface area contributed by atoms with Gasteiger partial charge in [-0.1, -0.05) is 0 Å². The Morgan fingerprint density at radius 1 is 1.16 bits per heavy atom. The van der Waals surface area contributed by atoms with Gasteiger partial charge in [0.25, 0.3) is 5.69 Å². The maximum atomic E-state index is 10.9. The first-order valence-corrected chi connectivity index (χ1v) is 8.15. The maximum absolute atomic E-state index is 10.9. The quantitative estimate of drug-likeness (QED) is 0.316. The van der Waals surface area contributed by atoms with Crippen LogP contribution < -0.4 is 10.1 Å². The molecule has 0 aliphatic carbocycles. The Morgan fingerprint density at radius 2 is 1.84 bits per heavy atom. The van der Waals surface area contributed by atoms with Crippen molar-refractivity contribution in [2.45, 2.75) is 6.92 Å². The lowest BCUT2D eigenvalue weighted by molar-refractivity contribution is -0.384. The van der Waals surface area contributed by atoms with Crippen LogP contribution in [0.4, 0.5) is 16.5 Å². The zero-order chi connectivity index (χ0) is 17.8. The van der Waals surface area contributed by atoms with Gasteiger partial charge in [0.1, 0.15) is 5.75 Å². The van der Waals surface area contributed by atoms with E-state index in [2.05, 4.69) is 10.3 Å². The van der Waals surface area contributed by atoms with Gasteiger partial charge >= 0.3 is 5.97 Å². The molecule has 2 aromatic carbocycles. The van der Waals surface area contributed by atoms with Crippen LogP contribution in [0, 0.1) is 10.1 Å². The molecule has 0 aliphatic rings. The summed E-state index contributed by atoms with van der Waals surface area (Å²) in [5.41, 5.74) is 2.43. The topological polar surface area (TPSA) is 94.4 Å². The molecule has 0 bridgehead atoms. The van der Waals surface area contributed by atoms with Gasteiger partial charge < -0.3 is 10.1 Å². The molecule has 0 saturated carbocycles. The molecule has 0 saturated heterocycles. The van der Waals surface area contributed by atoms with Crippen molar-refractivity contribution in [2.75, 3.05) is 5.32 Å². The summed E-state index contributed by atoms with van der Waals surface area (Å²) < 4.78 is 5.00. The number of nitrogens with zero attached hydrogens (tertiary/aromatic N) is 2. The lowest BCUT2D eigenvalue weighted by Crippen LogP contribution is -2.00. The molecule has 1 heterocycles. The van der Waals surface area contributed by atoms with Crippen molar-refractivity contribution < 1.29 is 14.5 Å². The van der Waals surface area contributed by atoms with E-state index in [-0.39, 0.29) is 11.7 Å². The first kappa shape index (κ1) is 16.6. The highest BCUT2D eigenvalue weighted by molar-refractivity contribution is 7.14. The third-order valence-corrected chi connectivity index (χ3v) is 4.00. The predicted octanol–water partition coefficient (Wildman–Crippen LogP) is 4.39. The second kappa shape index (κ2) is 7.10. The summed E-state index contributed by atoms with van der Waals surface area (Å²) in [6.07, 6.45) is 0. The molecule has 0 radical (unpaired) electrons. The molecule has 0 unspecified atom stereocenters. The number of nitrogens with one attached hydrogen (secondary N) is 1. The summed E-state index contributed by atoms with van der Waals surface area (Å²) >= 11 is 1.42. The van der Waals surface area contributed by atoms with Crippen molar-refractivity contribution in [1.29, 1.82) is 0 Å². The fourth-order valence-corrected chi connectivity index (χ4v) is 2.85.